The quantitative estimate of drug-likeness (QED) is 0.310. The van der Waals surface area contributed by atoms with Gasteiger partial charge in [0, 0.05) is 4.92 Å². The van der Waals surface area contributed by atoms with E-state index in [0.29, 0.717) is 11.4 Å². The Kier molecular flexibility index (Phi) is 7.94. The van der Waals surface area contributed by atoms with Crippen LogP contribution in [0, 0.1) is 10.1 Å². The zero-order valence-electron chi connectivity index (χ0n) is 18.1. The molecule has 0 aliphatic carbocycles. The van der Waals surface area contributed by atoms with Crippen molar-refractivity contribution in [3.63, 3.8) is 0 Å². The maximum Gasteiger partial charge on any atom is 0.358 e. The van der Waals surface area contributed by atoms with Crippen molar-refractivity contribution < 1.29 is 18.5 Å². The Labute approximate surface area is 172 Å². The second kappa shape index (κ2) is 9.80. The molecule has 0 unspecified atom stereocenters. The number of anilines is 1. The molecule has 1 heterocycles. The minimum atomic E-state index is -3.27. The Balaban J connectivity index is 2.64. The van der Waals surface area contributed by atoms with Gasteiger partial charge in [0.1, 0.15) is 5.71 Å². The summed E-state index contributed by atoms with van der Waals surface area (Å²) < 4.78 is 23.0. The third kappa shape index (κ3) is 6.09. The molecular weight excluding hydrogens is 395 g/mol. The lowest BCUT2D eigenvalue weighted by atomic mass is 10.1. The van der Waals surface area contributed by atoms with Crippen LogP contribution < -0.4 is 5.01 Å². The summed E-state index contributed by atoms with van der Waals surface area (Å²) in [4.78, 5) is 11.5. The standard InChI is InChI=1S/C19H31N4O5P/c1-13(2)26-29(27-14(3)4,28-15(5)6)21-19-18(23(24)25)16(7)20-22(19)17-11-9-8-10-12-17/h8-15,18-19H,1-7H3/t18-,19+/m0/s1. The van der Waals surface area contributed by atoms with Gasteiger partial charge in [-0.15, -0.1) is 0 Å². The average molecular weight is 426 g/mol. The first-order valence-electron chi connectivity index (χ1n) is 9.74. The maximum atomic E-state index is 11.9. The minimum absolute atomic E-state index is 0.243. The number of rotatable bonds is 9. The van der Waals surface area contributed by atoms with Crippen molar-refractivity contribution in [1.82, 2.24) is 0 Å². The van der Waals surface area contributed by atoms with Crippen LogP contribution in [0.15, 0.2) is 40.2 Å². The van der Waals surface area contributed by atoms with Gasteiger partial charge in [-0.3, -0.25) is 23.7 Å². The molecule has 162 valence electrons. The summed E-state index contributed by atoms with van der Waals surface area (Å²) in [6, 6.07) is 8.10. The van der Waals surface area contributed by atoms with Crippen molar-refractivity contribution >= 4 is 19.1 Å². The van der Waals surface area contributed by atoms with Crippen LogP contribution in [0.2, 0.25) is 0 Å². The van der Waals surface area contributed by atoms with Crippen molar-refractivity contribution in [1.29, 1.82) is 0 Å². The first-order chi connectivity index (χ1) is 13.5. The highest BCUT2D eigenvalue weighted by Gasteiger charge is 2.47. The van der Waals surface area contributed by atoms with Crippen molar-refractivity contribution in [2.75, 3.05) is 5.01 Å². The van der Waals surface area contributed by atoms with E-state index in [0.717, 1.165) is 0 Å². The Morgan fingerprint density at radius 3 is 1.93 bits per heavy atom. The van der Waals surface area contributed by atoms with E-state index in [1.165, 1.54) is 0 Å². The molecule has 1 aliphatic rings. The fourth-order valence-electron chi connectivity index (χ4n) is 2.90. The summed E-state index contributed by atoms with van der Waals surface area (Å²) in [7, 11) is -3.27. The molecule has 0 spiro atoms. The lowest BCUT2D eigenvalue weighted by Gasteiger charge is -2.31. The van der Waals surface area contributed by atoms with Crippen molar-refractivity contribution in [2.45, 2.75) is 79.0 Å². The molecule has 1 aromatic rings. The summed E-state index contributed by atoms with van der Waals surface area (Å²) in [5, 5.41) is 17.9. The van der Waals surface area contributed by atoms with Gasteiger partial charge < -0.3 is 0 Å². The SMILES string of the molecule is CC1=NN(c2ccccc2)[C@@H](N=P(OC(C)C)(OC(C)C)OC(C)C)[C@H]1[N+](=O)[O-]. The van der Waals surface area contributed by atoms with Gasteiger partial charge in [0.25, 0.3) is 6.04 Å². The fraction of sp³-hybridized carbons (Fsp3) is 0.632. The van der Waals surface area contributed by atoms with E-state index in [4.69, 9.17) is 18.3 Å². The molecule has 1 aliphatic heterocycles. The van der Waals surface area contributed by atoms with Crippen molar-refractivity contribution in [3.05, 3.63) is 40.4 Å². The molecule has 2 atom stereocenters. The van der Waals surface area contributed by atoms with Gasteiger partial charge >= 0.3 is 7.74 Å². The second-order valence-electron chi connectivity index (χ2n) is 7.61. The predicted molar refractivity (Wildman–Crippen MR) is 115 cm³/mol. The van der Waals surface area contributed by atoms with E-state index in [2.05, 4.69) is 5.10 Å². The summed E-state index contributed by atoms with van der Waals surface area (Å²) in [5.41, 5.74) is 1.06. The molecule has 0 saturated heterocycles. The average Bonchev–Trinajstić information content (AvgIpc) is 2.89. The van der Waals surface area contributed by atoms with Crippen LogP contribution in [0.3, 0.4) is 0 Å². The number of benzene rings is 1. The lowest BCUT2D eigenvalue weighted by Crippen LogP contribution is -2.41. The van der Waals surface area contributed by atoms with Gasteiger partial charge in [-0.2, -0.15) is 9.85 Å². The smallest absolute Gasteiger partial charge is 0.300 e. The van der Waals surface area contributed by atoms with Crippen LogP contribution in [-0.2, 0) is 13.6 Å². The molecule has 0 radical (unpaired) electrons. The number of hydrogen-bond donors (Lipinski definition) is 0. The van der Waals surface area contributed by atoms with E-state index < -0.39 is 19.9 Å². The lowest BCUT2D eigenvalue weighted by molar-refractivity contribution is -0.504. The van der Waals surface area contributed by atoms with Crippen LogP contribution in [0.5, 0.6) is 0 Å². The summed E-state index contributed by atoms with van der Waals surface area (Å²) >= 11 is 0. The molecule has 0 amide bonds. The number of nitrogens with zero attached hydrogens (tertiary/aromatic N) is 4. The third-order valence-electron chi connectivity index (χ3n) is 3.77. The first-order valence-corrected chi connectivity index (χ1v) is 11.2. The molecule has 0 fully saturated rings. The van der Waals surface area contributed by atoms with Crippen LogP contribution in [0.25, 0.3) is 0 Å². The maximum absolute atomic E-state index is 11.9. The molecule has 0 N–H and O–H groups in total. The van der Waals surface area contributed by atoms with E-state index >= 15 is 0 Å². The van der Waals surface area contributed by atoms with Crippen LogP contribution in [0.1, 0.15) is 48.5 Å². The second-order valence-corrected chi connectivity index (χ2v) is 9.41. The number of para-hydroxylation sites is 1. The van der Waals surface area contributed by atoms with E-state index in [1.54, 1.807) is 11.9 Å². The highest BCUT2D eigenvalue weighted by molar-refractivity contribution is 7.51. The molecular formula is C19H31N4O5P. The molecule has 0 bridgehead atoms. The van der Waals surface area contributed by atoms with Crippen LogP contribution >= 0.6 is 7.74 Å². The molecule has 9 nitrogen and oxygen atoms in total. The largest absolute Gasteiger partial charge is 0.358 e. The number of hydrogen-bond acceptors (Lipinski definition) is 8. The topological polar surface area (TPSA) is 98.8 Å². The van der Waals surface area contributed by atoms with E-state index in [1.807, 2.05) is 71.9 Å². The van der Waals surface area contributed by atoms with E-state index in [9.17, 15) is 10.1 Å². The fourth-order valence-corrected chi connectivity index (χ4v) is 5.33. The Bertz CT molecular complexity index is 749. The first kappa shape index (κ1) is 23.5. The van der Waals surface area contributed by atoms with E-state index in [-0.39, 0.29) is 23.2 Å². The van der Waals surface area contributed by atoms with Gasteiger partial charge in [0.2, 0.25) is 6.17 Å². The zero-order chi connectivity index (χ0) is 21.8. The van der Waals surface area contributed by atoms with Crippen molar-refractivity contribution in [2.24, 2.45) is 9.85 Å². The molecule has 10 heteroatoms. The number of hydrazone groups is 1. The molecule has 0 saturated carbocycles. The monoisotopic (exact) mass is 426 g/mol. The van der Waals surface area contributed by atoms with Crippen LogP contribution in [-0.4, -0.2) is 41.2 Å². The normalized spacial score (nSPS) is 19.9. The highest BCUT2D eigenvalue weighted by atomic mass is 31.2. The Morgan fingerprint density at radius 1 is 1.03 bits per heavy atom. The molecule has 1 aromatic carbocycles. The summed E-state index contributed by atoms with van der Waals surface area (Å²) in [5.74, 6) is 0. The Morgan fingerprint density at radius 2 is 1.52 bits per heavy atom. The summed E-state index contributed by atoms with van der Waals surface area (Å²) in [6.45, 7) is 12.8. The predicted octanol–water partition coefficient (Wildman–Crippen LogP) is 5.08. The number of nitro groups is 1. The zero-order valence-corrected chi connectivity index (χ0v) is 18.9. The third-order valence-corrected chi connectivity index (χ3v) is 6.35. The molecule has 2 rings (SSSR count). The Hall–Kier alpha value is -1.80. The van der Waals surface area contributed by atoms with Gasteiger partial charge in [0.15, 0.2) is 0 Å². The van der Waals surface area contributed by atoms with Crippen molar-refractivity contribution in [3.8, 4) is 0 Å². The van der Waals surface area contributed by atoms with Gasteiger partial charge in [0.05, 0.1) is 24.0 Å². The highest BCUT2D eigenvalue weighted by Crippen LogP contribution is 2.57. The van der Waals surface area contributed by atoms with Gasteiger partial charge in [-0.25, -0.2) is 5.01 Å². The minimum Gasteiger partial charge on any atom is -0.300 e. The van der Waals surface area contributed by atoms with Gasteiger partial charge in [-0.05, 0) is 60.6 Å². The van der Waals surface area contributed by atoms with Gasteiger partial charge in [-0.1, -0.05) is 18.2 Å². The van der Waals surface area contributed by atoms with Crippen LogP contribution in [0.4, 0.5) is 5.69 Å². The summed E-state index contributed by atoms with van der Waals surface area (Å²) in [6.07, 6.45) is -1.68. The molecule has 29 heavy (non-hydrogen) atoms. The molecule has 0 aromatic heterocycles.